The molecule has 0 fully saturated rings. The zero-order chi connectivity index (χ0) is 17.8. The molecular weight excluding hydrogens is 336 g/mol. The fraction of sp³-hybridized carbons (Fsp3) is 0.105. The fourth-order valence-electron chi connectivity index (χ4n) is 2.63. The summed E-state index contributed by atoms with van der Waals surface area (Å²) in [6.45, 7) is -0.335. The zero-order valence-electron chi connectivity index (χ0n) is 13.4. The molecule has 5 N–H and O–H groups in total. The monoisotopic (exact) mass is 354 g/mol. The third-order valence-corrected chi connectivity index (χ3v) is 4.75. The summed E-state index contributed by atoms with van der Waals surface area (Å²) in [7, 11) is 0. The number of nitrogens with two attached hydrogens (primary N) is 1. The molecule has 0 atom stereocenters. The molecule has 2 aromatic carbocycles. The molecule has 6 heteroatoms. The highest BCUT2D eigenvalue weighted by Gasteiger charge is 2.19. The zero-order valence-corrected chi connectivity index (χ0v) is 14.2. The van der Waals surface area contributed by atoms with Crippen LogP contribution in [0.25, 0.3) is 11.1 Å². The summed E-state index contributed by atoms with van der Waals surface area (Å²) < 4.78 is 0. The average molecular weight is 354 g/mol. The van der Waals surface area contributed by atoms with Crippen molar-refractivity contribution < 1.29 is 15.0 Å². The molecular formula is C19H18N2O3S. The van der Waals surface area contributed by atoms with Gasteiger partial charge in [-0.15, -0.1) is 11.3 Å². The van der Waals surface area contributed by atoms with Gasteiger partial charge in [0, 0.05) is 16.6 Å². The molecule has 1 amide bonds. The third-order valence-electron chi connectivity index (χ3n) is 3.94. The van der Waals surface area contributed by atoms with Crippen molar-refractivity contribution in [2.75, 3.05) is 11.1 Å². The number of anilines is 2. The summed E-state index contributed by atoms with van der Waals surface area (Å²) in [6, 6.07) is 14.5. The number of nitrogens with one attached hydrogen (secondary N) is 1. The Kier molecular flexibility index (Phi) is 5.14. The molecule has 3 rings (SSSR count). The molecule has 0 aliphatic carbocycles. The maximum atomic E-state index is 12.7. The fourth-order valence-corrected chi connectivity index (χ4v) is 3.45. The van der Waals surface area contributed by atoms with Crippen LogP contribution in [0.5, 0.6) is 0 Å². The minimum atomic E-state index is -0.281. The van der Waals surface area contributed by atoms with E-state index in [2.05, 4.69) is 5.32 Å². The number of rotatable bonds is 5. The minimum absolute atomic E-state index is 0.150. The molecule has 1 aromatic heterocycles. The molecule has 1 heterocycles. The second-order valence-electron chi connectivity index (χ2n) is 5.51. The summed E-state index contributed by atoms with van der Waals surface area (Å²) >= 11 is 1.29. The number of nitrogen functional groups attached to an aromatic ring is 1. The molecule has 0 spiro atoms. The van der Waals surface area contributed by atoms with Gasteiger partial charge in [0.2, 0.25) is 0 Å². The highest BCUT2D eigenvalue weighted by molar-refractivity contribution is 7.15. The number of amides is 1. The quantitative estimate of drug-likeness (QED) is 0.566. The van der Waals surface area contributed by atoms with E-state index in [1.165, 1.54) is 11.3 Å². The number of aliphatic hydroxyl groups is 2. The number of hydrogen-bond donors (Lipinski definition) is 4. The van der Waals surface area contributed by atoms with Gasteiger partial charge in [-0.25, -0.2) is 0 Å². The van der Waals surface area contributed by atoms with E-state index in [0.29, 0.717) is 32.9 Å². The van der Waals surface area contributed by atoms with Gasteiger partial charge in [-0.05, 0) is 34.9 Å². The van der Waals surface area contributed by atoms with Crippen LogP contribution in [0.3, 0.4) is 0 Å². The Bertz CT molecular complexity index is 891. The topological polar surface area (TPSA) is 95.6 Å². The van der Waals surface area contributed by atoms with Crippen molar-refractivity contribution in [1.29, 1.82) is 0 Å². The maximum absolute atomic E-state index is 12.7. The van der Waals surface area contributed by atoms with Gasteiger partial charge in [0.15, 0.2) is 0 Å². The highest BCUT2D eigenvalue weighted by atomic mass is 32.1. The second-order valence-corrected chi connectivity index (χ2v) is 6.42. The van der Waals surface area contributed by atoms with Crippen LogP contribution in [0.15, 0.2) is 53.9 Å². The van der Waals surface area contributed by atoms with Crippen molar-refractivity contribution in [1.82, 2.24) is 0 Å². The van der Waals surface area contributed by atoms with E-state index in [1.54, 1.807) is 24.3 Å². The van der Waals surface area contributed by atoms with Gasteiger partial charge in [0.25, 0.3) is 5.91 Å². The number of carbonyl (C=O) groups is 1. The smallest absolute Gasteiger partial charge is 0.259 e. The molecule has 0 radical (unpaired) electrons. The van der Waals surface area contributed by atoms with E-state index in [9.17, 15) is 15.0 Å². The normalized spacial score (nSPS) is 10.6. The van der Waals surface area contributed by atoms with E-state index in [-0.39, 0.29) is 19.1 Å². The Balaban J connectivity index is 1.98. The number of carbonyl (C=O) groups excluding carboxylic acids is 1. The Morgan fingerprint density at radius 1 is 1.04 bits per heavy atom. The first-order valence-electron chi connectivity index (χ1n) is 7.71. The van der Waals surface area contributed by atoms with Crippen LogP contribution in [0, 0.1) is 0 Å². The van der Waals surface area contributed by atoms with E-state index in [0.717, 1.165) is 5.56 Å². The van der Waals surface area contributed by atoms with Crippen LogP contribution >= 0.6 is 11.3 Å². The van der Waals surface area contributed by atoms with Gasteiger partial charge in [0.1, 0.15) is 0 Å². The van der Waals surface area contributed by atoms with Crippen LogP contribution in [0.4, 0.5) is 10.7 Å². The van der Waals surface area contributed by atoms with Crippen LogP contribution < -0.4 is 11.1 Å². The third kappa shape index (κ3) is 3.56. The van der Waals surface area contributed by atoms with Crippen molar-refractivity contribution in [2.45, 2.75) is 13.2 Å². The van der Waals surface area contributed by atoms with Crippen LogP contribution in [0.1, 0.15) is 21.5 Å². The SMILES string of the molecule is Nc1scc(-c2ccc(CO)c(CO)c2)c1C(=O)Nc1ccccc1. The number of hydrogen-bond acceptors (Lipinski definition) is 5. The van der Waals surface area contributed by atoms with Gasteiger partial charge in [-0.1, -0.05) is 30.3 Å². The molecule has 0 aliphatic heterocycles. The van der Waals surface area contributed by atoms with Crippen molar-refractivity contribution in [3.05, 3.63) is 70.6 Å². The minimum Gasteiger partial charge on any atom is -0.392 e. The molecule has 0 saturated carbocycles. The number of thiophene rings is 1. The summed E-state index contributed by atoms with van der Waals surface area (Å²) in [5.74, 6) is -0.281. The van der Waals surface area contributed by atoms with Crippen molar-refractivity contribution in [3.63, 3.8) is 0 Å². The predicted molar refractivity (Wildman–Crippen MR) is 100 cm³/mol. The van der Waals surface area contributed by atoms with E-state index >= 15 is 0 Å². The number of aliphatic hydroxyl groups excluding tert-OH is 2. The first kappa shape index (κ1) is 17.2. The Morgan fingerprint density at radius 3 is 2.44 bits per heavy atom. The van der Waals surface area contributed by atoms with Gasteiger partial charge in [-0.2, -0.15) is 0 Å². The molecule has 0 saturated heterocycles. The second kappa shape index (κ2) is 7.48. The molecule has 5 nitrogen and oxygen atoms in total. The van der Waals surface area contributed by atoms with E-state index in [4.69, 9.17) is 5.73 Å². The first-order valence-corrected chi connectivity index (χ1v) is 8.59. The molecule has 0 bridgehead atoms. The predicted octanol–water partition coefficient (Wildman–Crippen LogP) is 3.23. The van der Waals surface area contributed by atoms with Crippen molar-refractivity contribution in [2.24, 2.45) is 0 Å². The largest absolute Gasteiger partial charge is 0.392 e. The van der Waals surface area contributed by atoms with Crippen LogP contribution in [-0.4, -0.2) is 16.1 Å². The Morgan fingerprint density at radius 2 is 1.76 bits per heavy atom. The summed E-state index contributed by atoms with van der Waals surface area (Å²) in [6.07, 6.45) is 0. The lowest BCUT2D eigenvalue weighted by atomic mass is 9.98. The summed E-state index contributed by atoms with van der Waals surface area (Å²) in [5.41, 5.74) is 9.89. The van der Waals surface area contributed by atoms with E-state index < -0.39 is 0 Å². The standard InChI is InChI=1S/C19H18N2O3S/c20-18-17(19(24)21-15-4-2-1-3-5-15)16(11-25-18)12-6-7-13(9-22)14(8-12)10-23/h1-8,11,22-23H,9-10,20H2,(H,21,24). The average Bonchev–Trinajstić information content (AvgIpc) is 3.03. The molecule has 128 valence electrons. The Hall–Kier alpha value is -2.67. The van der Waals surface area contributed by atoms with Gasteiger partial charge in [-0.3, -0.25) is 4.79 Å². The number of benzene rings is 2. The molecule has 3 aromatic rings. The highest BCUT2D eigenvalue weighted by Crippen LogP contribution is 2.35. The molecule has 0 unspecified atom stereocenters. The summed E-state index contributed by atoms with van der Waals surface area (Å²) in [5, 5.41) is 23.9. The summed E-state index contributed by atoms with van der Waals surface area (Å²) in [4.78, 5) is 12.7. The lowest BCUT2D eigenvalue weighted by Gasteiger charge is -2.10. The van der Waals surface area contributed by atoms with Gasteiger partial charge < -0.3 is 21.3 Å². The van der Waals surface area contributed by atoms with Crippen molar-refractivity contribution >= 4 is 27.9 Å². The first-order chi connectivity index (χ1) is 12.1. The lowest BCUT2D eigenvalue weighted by molar-refractivity contribution is 0.102. The van der Waals surface area contributed by atoms with Crippen molar-refractivity contribution in [3.8, 4) is 11.1 Å². The van der Waals surface area contributed by atoms with Crippen LogP contribution in [0.2, 0.25) is 0 Å². The van der Waals surface area contributed by atoms with Gasteiger partial charge in [0.05, 0.1) is 23.8 Å². The van der Waals surface area contributed by atoms with E-state index in [1.807, 2.05) is 29.6 Å². The maximum Gasteiger partial charge on any atom is 0.259 e. The Labute approximate surface area is 149 Å². The molecule has 0 aliphatic rings. The van der Waals surface area contributed by atoms with Crippen LogP contribution in [-0.2, 0) is 13.2 Å². The molecule has 25 heavy (non-hydrogen) atoms. The lowest BCUT2D eigenvalue weighted by Crippen LogP contribution is -2.13. The van der Waals surface area contributed by atoms with Gasteiger partial charge >= 0.3 is 0 Å². The number of para-hydroxylation sites is 1.